The number of methoxy groups -OCH3 is 2. The Morgan fingerprint density at radius 2 is 1.78 bits per heavy atom. The molecule has 0 N–H and O–H groups in total. The van der Waals surface area contributed by atoms with Gasteiger partial charge in [-0.1, -0.05) is 18.2 Å². The van der Waals surface area contributed by atoms with Gasteiger partial charge in [-0.05, 0) is 38.5 Å². The number of Topliss-reactive ketones (excluding diaryl/α,β-unsaturated/α-hetero) is 1. The molecule has 0 spiro atoms. The minimum atomic E-state index is -0.828. The monoisotopic (exact) mass is 316 g/mol. The zero-order valence-electron chi connectivity index (χ0n) is 13.9. The van der Waals surface area contributed by atoms with Crippen LogP contribution in [0.4, 0.5) is 0 Å². The number of cyclic esters (lactones) is 1. The van der Waals surface area contributed by atoms with E-state index in [0.717, 1.165) is 5.56 Å². The first-order valence-electron chi connectivity index (χ1n) is 7.19. The minimum Gasteiger partial charge on any atom is -0.493 e. The van der Waals surface area contributed by atoms with Crippen LogP contribution in [-0.4, -0.2) is 31.6 Å². The van der Waals surface area contributed by atoms with Gasteiger partial charge in [0.1, 0.15) is 11.2 Å². The molecule has 1 aromatic rings. The number of benzene rings is 1. The summed E-state index contributed by atoms with van der Waals surface area (Å²) in [5.41, 5.74) is 0.704. The normalized spacial score (nSPS) is 16.7. The Morgan fingerprint density at radius 3 is 2.35 bits per heavy atom. The molecule has 0 unspecified atom stereocenters. The molecule has 1 aliphatic heterocycles. The molecule has 1 aromatic carbocycles. The second-order valence-corrected chi connectivity index (χ2v) is 5.69. The first-order valence-corrected chi connectivity index (χ1v) is 7.19. The van der Waals surface area contributed by atoms with E-state index in [4.69, 9.17) is 14.2 Å². The molecule has 1 heterocycles. The van der Waals surface area contributed by atoms with Gasteiger partial charge >= 0.3 is 5.97 Å². The number of ether oxygens (including phenoxy) is 3. The molecule has 1 aliphatic rings. The van der Waals surface area contributed by atoms with E-state index in [9.17, 15) is 9.59 Å². The van der Waals surface area contributed by atoms with Crippen LogP contribution in [0.15, 0.2) is 35.4 Å². The van der Waals surface area contributed by atoms with Crippen LogP contribution in [0.1, 0.15) is 26.3 Å². The lowest BCUT2D eigenvalue weighted by atomic mass is 9.93. The van der Waals surface area contributed by atoms with Crippen LogP contribution < -0.4 is 9.47 Å². The fourth-order valence-corrected chi connectivity index (χ4v) is 2.50. The third kappa shape index (κ3) is 3.28. The van der Waals surface area contributed by atoms with Crippen molar-refractivity contribution in [1.29, 1.82) is 0 Å². The topological polar surface area (TPSA) is 61.8 Å². The first kappa shape index (κ1) is 16.8. The standard InChI is InChI=1S/C18H20O5/c1-11(19)16-13(18(2,3)23-17(16)20)8-6-12-7-9-14(21-4)15(10-12)22-5/h6-10H,1-5H3/b8-6+. The Bertz CT molecular complexity index is 710. The van der Waals surface area contributed by atoms with E-state index in [1.54, 1.807) is 40.2 Å². The predicted molar refractivity (Wildman–Crippen MR) is 86.5 cm³/mol. The maximum absolute atomic E-state index is 11.9. The highest BCUT2D eigenvalue weighted by atomic mass is 16.6. The van der Waals surface area contributed by atoms with Crippen molar-refractivity contribution in [2.75, 3.05) is 14.2 Å². The predicted octanol–water partition coefficient (Wildman–Crippen LogP) is 2.94. The second-order valence-electron chi connectivity index (χ2n) is 5.69. The van der Waals surface area contributed by atoms with Gasteiger partial charge in [-0.25, -0.2) is 4.79 Å². The van der Waals surface area contributed by atoms with E-state index < -0.39 is 11.6 Å². The Kier molecular flexibility index (Phi) is 4.59. The molecule has 0 atom stereocenters. The molecule has 2 rings (SSSR count). The van der Waals surface area contributed by atoms with Crippen molar-refractivity contribution in [3.63, 3.8) is 0 Å². The van der Waals surface area contributed by atoms with E-state index in [0.29, 0.717) is 17.1 Å². The highest BCUT2D eigenvalue weighted by molar-refractivity contribution is 6.19. The van der Waals surface area contributed by atoms with Crippen LogP contribution >= 0.6 is 0 Å². The van der Waals surface area contributed by atoms with Gasteiger partial charge in [-0.15, -0.1) is 0 Å². The maximum Gasteiger partial charge on any atom is 0.343 e. The molecule has 0 amide bonds. The van der Waals surface area contributed by atoms with E-state index >= 15 is 0 Å². The maximum atomic E-state index is 11.9. The summed E-state index contributed by atoms with van der Waals surface area (Å²) in [5, 5.41) is 0. The van der Waals surface area contributed by atoms with Crippen LogP contribution in [0, 0.1) is 0 Å². The average Bonchev–Trinajstić information content (AvgIpc) is 2.73. The van der Waals surface area contributed by atoms with Crippen molar-refractivity contribution in [1.82, 2.24) is 0 Å². The fraction of sp³-hybridized carbons (Fsp3) is 0.333. The number of ketones is 1. The van der Waals surface area contributed by atoms with Crippen molar-refractivity contribution < 1.29 is 23.8 Å². The van der Waals surface area contributed by atoms with Gasteiger partial charge < -0.3 is 14.2 Å². The summed E-state index contributed by atoms with van der Waals surface area (Å²) in [5.74, 6) is 0.364. The zero-order valence-corrected chi connectivity index (χ0v) is 13.9. The minimum absolute atomic E-state index is 0.103. The third-order valence-corrected chi connectivity index (χ3v) is 3.67. The molecule has 0 bridgehead atoms. The van der Waals surface area contributed by atoms with Gasteiger partial charge in [-0.2, -0.15) is 0 Å². The molecule has 5 nitrogen and oxygen atoms in total. The molecule has 23 heavy (non-hydrogen) atoms. The van der Waals surface area contributed by atoms with Crippen LogP contribution in [0.2, 0.25) is 0 Å². The van der Waals surface area contributed by atoms with Gasteiger partial charge in [0.25, 0.3) is 0 Å². The van der Waals surface area contributed by atoms with Crippen molar-refractivity contribution in [3.8, 4) is 11.5 Å². The molecule has 0 radical (unpaired) electrons. The molecule has 5 heteroatoms. The van der Waals surface area contributed by atoms with Gasteiger partial charge in [0.05, 0.1) is 14.2 Å². The Labute approximate surface area is 135 Å². The van der Waals surface area contributed by atoms with Crippen molar-refractivity contribution >= 4 is 17.8 Å². The van der Waals surface area contributed by atoms with Crippen LogP contribution in [0.3, 0.4) is 0 Å². The smallest absolute Gasteiger partial charge is 0.343 e. The summed E-state index contributed by atoms with van der Waals surface area (Å²) in [6, 6.07) is 5.46. The summed E-state index contributed by atoms with van der Waals surface area (Å²) in [7, 11) is 3.13. The number of hydrogen-bond donors (Lipinski definition) is 0. The molecular weight excluding hydrogens is 296 g/mol. The Morgan fingerprint density at radius 1 is 1.13 bits per heavy atom. The number of hydrogen-bond acceptors (Lipinski definition) is 5. The first-order chi connectivity index (χ1) is 10.8. The molecule has 122 valence electrons. The molecule has 0 saturated heterocycles. The fourth-order valence-electron chi connectivity index (χ4n) is 2.50. The summed E-state index contributed by atoms with van der Waals surface area (Å²) < 4.78 is 15.7. The number of esters is 1. The van der Waals surface area contributed by atoms with E-state index in [2.05, 4.69) is 0 Å². The summed E-state index contributed by atoms with van der Waals surface area (Å²) >= 11 is 0. The van der Waals surface area contributed by atoms with Crippen LogP contribution in [0.5, 0.6) is 11.5 Å². The summed E-state index contributed by atoms with van der Waals surface area (Å²) in [4.78, 5) is 23.6. The van der Waals surface area contributed by atoms with Crippen molar-refractivity contribution in [2.24, 2.45) is 0 Å². The second kappa shape index (κ2) is 6.28. The summed E-state index contributed by atoms with van der Waals surface area (Å²) in [6.45, 7) is 4.88. The third-order valence-electron chi connectivity index (χ3n) is 3.67. The van der Waals surface area contributed by atoms with E-state index in [1.807, 2.05) is 18.2 Å². The number of carbonyl (C=O) groups excluding carboxylic acids is 2. The van der Waals surface area contributed by atoms with Gasteiger partial charge in [-0.3, -0.25) is 4.79 Å². The van der Waals surface area contributed by atoms with E-state index in [1.165, 1.54) is 6.92 Å². The molecule has 0 aliphatic carbocycles. The lowest BCUT2D eigenvalue weighted by Gasteiger charge is -2.19. The SMILES string of the molecule is COc1ccc(/C=C/C2=C(C(C)=O)C(=O)OC2(C)C)cc1OC. The van der Waals surface area contributed by atoms with Crippen molar-refractivity contribution in [2.45, 2.75) is 26.4 Å². The van der Waals surface area contributed by atoms with E-state index in [-0.39, 0.29) is 11.4 Å². The van der Waals surface area contributed by atoms with Crippen LogP contribution in [0.25, 0.3) is 6.08 Å². The Hall–Kier alpha value is -2.56. The van der Waals surface area contributed by atoms with Gasteiger partial charge in [0.15, 0.2) is 17.3 Å². The molecular formula is C18H20O5. The van der Waals surface area contributed by atoms with Gasteiger partial charge in [0.2, 0.25) is 0 Å². The number of carbonyl (C=O) groups is 2. The summed E-state index contributed by atoms with van der Waals surface area (Å²) in [6.07, 6.45) is 3.55. The van der Waals surface area contributed by atoms with Crippen molar-refractivity contribution in [3.05, 3.63) is 41.0 Å². The van der Waals surface area contributed by atoms with Gasteiger partial charge in [0, 0.05) is 5.57 Å². The lowest BCUT2D eigenvalue weighted by molar-refractivity contribution is -0.145. The molecule has 0 aromatic heterocycles. The largest absolute Gasteiger partial charge is 0.493 e. The average molecular weight is 316 g/mol. The van der Waals surface area contributed by atoms with Crippen LogP contribution in [-0.2, 0) is 14.3 Å². The Balaban J connectivity index is 2.42. The zero-order chi connectivity index (χ0) is 17.2. The quantitative estimate of drug-likeness (QED) is 0.617. The highest BCUT2D eigenvalue weighted by Gasteiger charge is 2.40. The highest BCUT2D eigenvalue weighted by Crippen LogP contribution is 2.34. The number of rotatable bonds is 5. The lowest BCUT2D eigenvalue weighted by Crippen LogP contribution is -2.22. The molecule has 0 saturated carbocycles. The molecule has 0 fully saturated rings.